The molecule has 0 unspecified atom stereocenters. The predicted molar refractivity (Wildman–Crippen MR) is 71.0 cm³/mol. The molecule has 3 heterocycles. The van der Waals surface area contributed by atoms with Gasteiger partial charge in [-0.2, -0.15) is 10.2 Å². The molecule has 0 spiro atoms. The summed E-state index contributed by atoms with van der Waals surface area (Å²) >= 11 is 1.72. The Morgan fingerprint density at radius 3 is 3.06 bits per heavy atom. The summed E-state index contributed by atoms with van der Waals surface area (Å²) in [5.41, 5.74) is 2.33. The molecule has 1 fully saturated rings. The van der Waals surface area contributed by atoms with Gasteiger partial charge in [-0.15, -0.1) is 11.3 Å². The average Bonchev–Trinajstić information content (AvgIpc) is 2.91. The maximum absolute atomic E-state index is 4.38. The van der Waals surface area contributed by atoms with Gasteiger partial charge in [-0.3, -0.25) is 5.10 Å². The number of nitrogens with one attached hydrogen (secondary N) is 1. The first-order valence-corrected chi connectivity index (χ1v) is 6.93. The van der Waals surface area contributed by atoms with Crippen LogP contribution >= 0.6 is 11.3 Å². The lowest BCUT2D eigenvalue weighted by atomic mass is 10.3. The van der Waals surface area contributed by atoms with Crippen molar-refractivity contribution in [2.45, 2.75) is 18.8 Å². The van der Waals surface area contributed by atoms with Crippen LogP contribution in [-0.4, -0.2) is 20.0 Å². The number of thiophene rings is 1. The normalized spacial score (nSPS) is 15.1. The van der Waals surface area contributed by atoms with E-state index in [1.54, 1.807) is 11.3 Å². The zero-order valence-electron chi connectivity index (χ0n) is 9.71. The molecule has 5 heteroatoms. The van der Waals surface area contributed by atoms with Crippen molar-refractivity contribution in [2.75, 3.05) is 0 Å². The Morgan fingerprint density at radius 2 is 2.28 bits per heavy atom. The maximum atomic E-state index is 4.38. The fourth-order valence-corrected chi connectivity index (χ4v) is 2.87. The van der Waals surface area contributed by atoms with E-state index in [4.69, 9.17) is 0 Å². The molecule has 3 aromatic heterocycles. The van der Waals surface area contributed by atoms with Gasteiger partial charge in [0, 0.05) is 17.7 Å². The van der Waals surface area contributed by atoms with Gasteiger partial charge in [-0.25, -0.2) is 4.68 Å². The van der Waals surface area contributed by atoms with Gasteiger partial charge in [0.25, 0.3) is 0 Å². The van der Waals surface area contributed by atoms with Gasteiger partial charge in [0.1, 0.15) is 0 Å². The Morgan fingerprint density at radius 1 is 1.33 bits per heavy atom. The number of nitrogens with zero attached hydrogens (tertiary/aromatic N) is 3. The molecule has 0 bridgehead atoms. The summed E-state index contributed by atoms with van der Waals surface area (Å²) in [5, 5.41) is 13.9. The average molecular weight is 256 g/mol. The summed E-state index contributed by atoms with van der Waals surface area (Å²) in [7, 11) is 0. The van der Waals surface area contributed by atoms with Crippen molar-refractivity contribution in [2.24, 2.45) is 0 Å². The topological polar surface area (TPSA) is 46.5 Å². The van der Waals surface area contributed by atoms with Gasteiger partial charge < -0.3 is 0 Å². The Labute approximate surface area is 108 Å². The number of aromatic nitrogens is 4. The van der Waals surface area contributed by atoms with E-state index >= 15 is 0 Å². The molecular weight excluding hydrogens is 244 g/mol. The zero-order valence-corrected chi connectivity index (χ0v) is 10.5. The van der Waals surface area contributed by atoms with Gasteiger partial charge in [-0.05, 0) is 30.4 Å². The van der Waals surface area contributed by atoms with Crippen molar-refractivity contribution in [3.05, 3.63) is 41.5 Å². The molecule has 1 N–H and O–H groups in total. The molecule has 0 aromatic carbocycles. The number of hydrogen-bond acceptors (Lipinski definition) is 3. The Bertz CT molecular complexity index is 661. The molecule has 0 saturated heterocycles. The van der Waals surface area contributed by atoms with E-state index in [1.165, 1.54) is 23.4 Å². The molecule has 0 radical (unpaired) electrons. The monoisotopic (exact) mass is 256 g/mol. The van der Waals surface area contributed by atoms with E-state index in [0.717, 1.165) is 11.5 Å². The lowest BCUT2D eigenvalue weighted by Gasteiger charge is -2.00. The van der Waals surface area contributed by atoms with E-state index in [0.29, 0.717) is 5.92 Å². The van der Waals surface area contributed by atoms with Crippen LogP contribution in [0.5, 0.6) is 0 Å². The highest BCUT2D eigenvalue weighted by atomic mass is 32.1. The van der Waals surface area contributed by atoms with E-state index in [9.17, 15) is 0 Å². The van der Waals surface area contributed by atoms with Crippen molar-refractivity contribution in [3.63, 3.8) is 0 Å². The zero-order chi connectivity index (χ0) is 11.9. The van der Waals surface area contributed by atoms with Crippen molar-refractivity contribution < 1.29 is 0 Å². The fraction of sp³-hybridized carbons (Fsp3) is 0.231. The van der Waals surface area contributed by atoms with Crippen molar-refractivity contribution >= 4 is 11.3 Å². The molecule has 0 atom stereocenters. The highest BCUT2D eigenvalue weighted by Crippen LogP contribution is 2.39. The van der Waals surface area contributed by atoms with Crippen LogP contribution in [0.4, 0.5) is 0 Å². The van der Waals surface area contributed by atoms with Crippen LogP contribution in [0.25, 0.3) is 16.4 Å². The molecule has 1 aliphatic rings. The van der Waals surface area contributed by atoms with Crippen LogP contribution in [0.2, 0.25) is 0 Å². The highest BCUT2D eigenvalue weighted by molar-refractivity contribution is 7.13. The summed E-state index contributed by atoms with van der Waals surface area (Å²) in [4.78, 5) is 1.21. The number of aromatic amines is 1. The summed E-state index contributed by atoms with van der Waals surface area (Å²) in [6.45, 7) is 0. The van der Waals surface area contributed by atoms with Crippen LogP contribution in [0.15, 0.2) is 35.8 Å². The van der Waals surface area contributed by atoms with Gasteiger partial charge in [-0.1, -0.05) is 6.07 Å². The van der Waals surface area contributed by atoms with Crippen LogP contribution in [0.1, 0.15) is 24.5 Å². The second kappa shape index (κ2) is 3.81. The van der Waals surface area contributed by atoms with Gasteiger partial charge in [0.2, 0.25) is 0 Å². The number of rotatable bonds is 3. The maximum Gasteiger partial charge on any atom is 0.175 e. The predicted octanol–water partition coefficient (Wildman–Crippen LogP) is 3.20. The number of hydrogen-bond donors (Lipinski definition) is 1. The minimum absolute atomic E-state index is 0.687. The molecule has 1 aliphatic carbocycles. The third kappa shape index (κ3) is 1.59. The molecule has 4 nitrogen and oxygen atoms in total. The third-order valence-electron chi connectivity index (χ3n) is 3.23. The van der Waals surface area contributed by atoms with E-state index in [1.807, 2.05) is 16.9 Å². The van der Waals surface area contributed by atoms with Crippen molar-refractivity contribution in [1.29, 1.82) is 0 Å². The lowest BCUT2D eigenvalue weighted by Crippen LogP contribution is -1.98. The standard InChI is InChI=1S/C13H12N4S/c1-2-12(18-7-1)11-5-6-14-17(11)13-8-10(15-16-13)9-3-4-9/h1-2,5-9H,3-4H2,(H,15,16). The van der Waals surface area contributed by atoms with E-state index in [2.05, 4.69) is 38.9 Å². The Hall–Kier alpha value is -1.88. The first kappa shape index (κ1) is 10.1. The SMILES string of the molecule is c1csc(-c2ccnn2-c2cc(C3CC3)[nH]n2)c1. The fourth-order valence-electron chi connectivity index (χ4n) is 2.13. The smallest absolute Gasteiger partial charge is 0.175 e. The summed E-state index contributed by atoms with van der Waals surface area (Å²) in [6.07, 6.45) is 4.37. The van der Waals surface area contributed by atoms with Crippen LogP contribution < -0.4 is 0 Å². The van der Waals surface area contributed by atoms with Crippen LogP contribution in [0, 0.1) is 0 Å². The molecule has 0 amide bonds. The molecule has 90 valence electrons. The summed E-state index contributed by atoms with van der Waals surface area (Å²) < 4.78 is 1.90. The molecule has 0 aliphatic heterocycles. The molecule has 3 aromatic rings. The van der Waals surface area contributed by atoms with E-state index in [-0.39, 0.29) is 0 Å². The molecule has 18 heavy (non-hydrogen) atoms. The largest absolute Gasteiger partial charge is 0.280 e. The first-order valence-electron chi connectivity index (χ1n) is 6.05. The Balaban J connectivity index is 1.77. The van der Waals surface area contributed by atoms with E-state index < -0.39 is 0 Å². The quantitative estimate of drug-likeness (QED) is 0.782. The van der Waals surface area contributed by atoms with Gasteiger partial charge >= 0.3 is 0 Å². The van der Waals surface area contributed by atoms with Gasteiger partial charge in [0.05, 0.1) is 16.8 Å². The summed E-state index contributed by atoms with van der Waals surface area (Å²) in [5.74, 6) is 1.57. The first-order chi connectivity index (χ1) is 8.92. The van der Waals surface area contributed by atoms with Crippen LogP contribution in [0.3, 0.4) is 0 Å². The second-order valence-corrected chi connectivity index (χ2v) is 5.51. The van der Waals surface area contributed by atoms with Gasteiger partial charge in [0.15, 0.2) is 5.82 Å². The molecular formula is C13H12N4S. The van der Waals surface area contributed by atoms with Crippen LogP contribution in [-0.2, 0) is 0 Å². The van der Waals surface area contributed by atoms with Crippen molar-refractivity contribution in [3.8, 4) is 16.4 Å². The molecule has 4 rings (SSSR count). The van der Waals surface area contributed by atoms with Crippen molar-refractivity contribution in [1.82, 2.24) is 20.0 Å². The number of H-pyrrole nitrogens is 1. The second-order valence-electron chi connectivity index (χ2n) is 4.56. The Kier molecular flexibility index (Phi) is 2.14. The third-order valence-corrected chi connectivity index (χ3v) is 4.13. The minimum Gasteiger partial charge on any atom is -0.280 e. The minimum atomic E-state index is 0.687. The molecule has 1 saturated carbocycles. The lowest BCUT2D eigenvalue weighted by molar-refractivity contribution is 0.840. The summed E-state index contributed by atoms with van der Waals surface area (Å²) in [6, 6.07) is 8.29. The highest BCUT2D eigenvalue weighted by Gasteiger charge is 2.26.